The maximum Gasteiger partial charge on any atom is 0.119 e. The monoisotopic (exact) mass is 484 g/mol. The van der Waals surface area contributed by atoms with Crippen molar-refractivity contribution in [1.29, 1.82) is 0 Å². The minimum atomic E-state index is -0.486. The SMILES string of the molecule is CCC(O)COc1ccc(C(C)(C)c2ccc(OCC(O)CCCOC3CCCCC3)cc2)cc1. The molecule has 0 amide bonds. The second kappa shape index (κ2) is 13.9. The number of aliphatic hydroxyl groups is 2. The molecule has 3 rings (SSSR count). The van der Waals surface area contributed by atoms with Crippen molar-refractivity contribution in [3.05, 3.63) is 59.7 Å². The summed E-state index contributed by atoms with van der Waals surface area (Å²) in [4.78, 5) is 0. The summed E-state index contributed by atoms with van der Waals surface area (Å²) in [6, 6.07) is 16.2. The van der Waals surface area contributed by atoms with E-state index in [2.05, 4.69) is 38.1 Å². The fourth-order valence-corrected chi connectivity index (χ4v) is 4.49. The van der Waals surface area contributed by atoms with E-state index in [0.717, 1.165) is 24.5 Å². The van der Waals surface area contributed by atoms with Gasteiger partial charge in [-0.3, -0.25) is 0 Å². The molecule has 1 aliphatic carbocycles. The zero-order valence-electron chi connectivity index (χ0n) is 21.7. The van der Waals surface area contributed by atoms with Gasteiger partial charge in [0.1, 0.15) is 24.7 Å². The Morgan fingerprint density at radius 3 is 1.83 bits per heavy atom. The lowest BCUT2D eigenvalue weighted by Crippen LogP contribution is -2.21. The molecule has 0 aromatic heterocycles. The first-order valence-corrected chi connectivity index (χ1v) is 13.3. The van der Waals surface area contributed by atoms with Crippen molar-refractivity contribution in [2.45, 2.75) is 95.9 Å². The zero-order chi connectivity index (χ0) is 25.1. The molecule has 35 heavy (non-hydrogen) atoms. The highest BCUT2D eigenvalue weighted by molar-refractivity contribution is 5.41. The van der Waals surface area contributed by atoms with Gasteiger partial charge in [0.15, 0.2) is 0 Å². The lowest BCUT2D eigenvalue weighted by molar-refractivity contribution is 0.0179. The zero-order valence-corrected chi connectivity index (χ0v) is 21.7. The minimum Gasteiger partial charge on any atom is -0.491 e. The molecule has 0 radical (unpaired) electrons. The van der Waals surface area contributed by atoms with Crippen LogP contribution in [0.15, 0.2) is 48.5 Å². The highest BCUT2D eigenvalue weighted by atomic mass is 16.5. The van der Waals surface area contributed by atoms with Gasteiger partial charge in [-0.2, -0.15) is 0 Å². The maximum atomic E-state index is 10.3. The Bertz CT molecular complexity index is 840. The van der Waals surface area contributed by atoms with Crippen molar-refractivity contribution in [3.8, 4) is 11.5 Å². The Hall–Kier alpha value is -2.08. The third-order valence-electron chi connectivity index (χ3n) is 7.10. The van der Waals surface area contributed by atoms with Gasteiger partial charge in [-0.1, -0.05) is 64.3 Å². The molecule has 194 valence electrons. The standard InChI is InChI=1S/C30H44O5/c1-4-25(31)21-34-28-16-12-23(13-17-28)30(2,3)24-14-18-29(19-15-24)35-22-26(32)9-8-20-33-27-10-6-5-7-11-27/h12-19,25-27,31-32H,4-11,20-22H2,1-3H3. The number of aliphatic hydroxyl groups excluding tert-OH is 2. The van der Waals surface area contributed by atoms with Crippen LogP contribution < -0.4 is 9.47 Å². The molecule has 2 unspecified atom stereocenters. The topological polar surface area (TPSA) is 68.2 Å². The molecular weight excluding hydrogens is 440 g/mol. The van der Waals surface area contributed by atoms with E-state index in [1.54, 1.807) is 0 Å². The third kappa shape index (κ3) is 8.82. The van der Waals surface area contributed by atoms with E-state index in [9.17, 15) is 10.2 Å². The van der Waals surface area contributed by atoms with Crippen LogP contribution in [0.3, 0.4) is 0 Å². The van der Waals surface area contributed by atoms with Gasteiger partial charge in [-0.15, -0.1) is 0 Å². The second-order valence-electron chi connectivity index (χ2n) is 10.3. The molecule has 2 aromatic rings. The van der Waals surface area contributed by atoms with Gasteiger partial charge in [0.25, 0.3) is 0 Å². The Morgan fingerprint density at radius 2 is 1.31 bits per heavy atom. The quantitative estimate of drug-likeness (QED) is 0.320. The van der Waals surface area contributed by atoms with Crippen LogP contribution in [0.1, 0.15) is 83.3 Å². The molecule has 5 nitrogen and oxygen atoms in total. The van der Waals surface area contributed by atoms with Crippen LogP contribution in [-0.2, 0) is 10.2 Å². The highest BCUT2D eigenvalue weighted by Gasteiger charge is 2.23. The molecule has 1 fully saturated rings. The van der Waals surface area contributed by atoms with E-state index in [4.69, 9.17) is 14.2 Å². The van der Waals surface area contributed by atoms with E-state index in [-0.39, 0.29) is 5.41 Å². The summed E-state index contributed by atoms with van der Waals surface area (Å²) in [6.07, 6.45) is 7.99. The summed E-state index contributed by atoms with van der Waals surface area (Å²) in [5.41, 5.74) is 2.18. The summed E-state index contributed by atoms with van der Waals surface area (Å²) in [5, 5.41) is 20.0. The van der Waals surface area contributed by atoms with Crippen molar-refractivity contribution >= 4 is 0 Å². The number of rotatable bonds is 14. The van der Waals surface area contributed by atoms with Crippen LogP contribution in [0.4, 0.5) is 0 Å². The van der Waals surface area contributed by atoms with E-state index in [1.807, 2.05) is 31.2 Å². The van der Waals surface area contributed by atoms with Crippen LogP contribution in [0, 0.1) is 0 Å². The molecule has 0 bridgehead atoms. The average molecular weight is 485 g/mol. The van der Waals surface area contributed by atoms with Gasteiger partial charge >= 0.3 is 0 Å². The van der Waals surface area contributed by atoms with Crippen LogP contribution >= 0.6 is 0 Å². The first kappa shape index (κ1) is 27.5. The van der Waals surface area contributed by atoms with Crippen LogP contribution in [0.5, 0.6) is 11.5 Å². The molecule has 1 aliphatic rings. The molecule has 2 aromatic carbocycles. The van der Waals surface area contributed by atoms with Crippen LogP contribution in [-0.4, -0.2) is 48.3 Å². The van der Waals surface area contributed by atoms with Gasteiger partial charge in [-0.05, 0) is 67.5 Å². The Morgan fingerprint density at radius 1 is 0.800 bits per heavy atom. The van der Waals surface area contributed by atoms with Gasteiger partial charge < -0.3 is 24.4 Å². The first-order chi connectivity index (χ1) is 16.9. The molecule has 0 saturated heterocycles. The molecule has 0 spiro atoms. The van der Waals surface area contributed by atoms with Crippen LogP contribution in [0.2, 0.25) is 0 Å². The lowest BCUT2D eigenvalue weighted by Gasteiger charge is -2.26. The Balaban J connectivity index is 1.42. The van der Waals surface area contributed by atoms with Crippen molar-refractivity contribution in [1.82, 2.24) is 0 Å². The predicted molar refractivity (Wildman–Crippen MR) is 140 cm³/mol. The van der Waals surface area contributed by atoms with Gasteiger partial charge in [-0.25, -0.2) is 0 Å². The molecule has 2 atom stereocenters. The normalized spacial score (nSPS) is 16.6. The van der Waals surface area contributed by atoms with E-state index in [1.165, 1.54) is 43.2 Å². The van der Waals surface area contributed by atoms with Gasteiger partial charge in [0, 0.05) is 12.0 Å². The van der Waals surface area contributed by atoms with Crippen LogP contribution in [0.25, 0.3) is 0 Å². The number of hydrogen-bond acceptors (Lipinski definition) is 5. The summed E-state index contributed by atoms with van der Waals surface area (Å²) >= 11 is 0. The summed E-state index contributed by atoms with van der Waals surface area (Å²) in [6.45, 7) is 7.65. The molecule has 0 aliphatic heterocycles. The smallest absolute Gasteiger partial charge is 0.119 e. The Kier molecular flexibility index (Phi) is 10.9. The summed E-state index contributed by atoms with van der Waals surface area (Å²) in [7, 11) is 0. The van der Waals surface area contributed by atoms with Crippen molar-refractivity contribution in [3.63, 3.8) is 0 Å². The summed E-state index contributed by atoms with van der Waals surface area (Å²) < 4.78 is 17.4. The average Bonchev–Trinajstić information content (AvgIpc) is 2.89. The largest absolute Gasteiger partial charge is 0.491 e. The number of hydrogen-bond donors (Lipinski definition) is 2. The summed E-state index contributed by atoms with van der Waals surface area (Å²) in [5.74, 6) is 1.53. The molecular formula is C30H44O5. The molecule has 1 saturated carbocycles. The fraction of sp³-hybridized carbons (Fsp3) is 0.600. The van der Waals surface area contributed by atoms with Crippen molar-refractivity contribution < 1.29 is 24.4 Å². The predicted octanol–water partition coefficient (Wildman–Crippen LogP) is 6.03. The van der Waals surface area contributed by atoms with E-state index in [0.29, 0.717) is 32.2 Å². The van der Waals surface area contributed by atoms with Crippen molar-refractivity contribution in [2.75, 3.05) is 19.8 Å². The second-order valence-corrected chi connectivity index (χ2v) is 10.3. The van der Waals surface area contributed by atoms with Gasteiger partial charge in [0.2, 0.25) is 0 Å². The fourth-order valence-electron chi connectivity index (χ4n) is 4.49. The maximum absolute atomic E-state index is 10.3. The molecule has 2 N–H and O–H groups in total. The molecule has 5 heteroatoms. The third-order valence-corrected chi connectivity index (χ3v) is 7.10. The number of benzene rings is 2. The highest BCUT2D eigenvalue weighted by Crippen LogP contribution is 2.33. The Labute approximate surface area is 211 Å². The first-order valence-electron chi connectivity index (χ1n) is 13.3. The van der Waals surface area contributed by atoms with Gasteiger partial charge in [0.05, 0.1) is 18.3 Å². The minimum absolute atomic E-state index is 0.183. The molecule has 0 heterocycles. The van der Waals surface area contributed by atoms with E-state index >= 15 is 0 Å². The lowest BCUT2D eigenvalue weighted by atomic mass is 9.78. The number of ether oxygens (including phenoxy) is 3. The van der Waals surface area contributed by atoms with E-state index < -0.39 is 12.2 Å². The van der Waals surface area contributed by atoms with Crippen molar-refractivity contribution in [2.24, 2.45) is 0 Å².